The number of nitrogens with zero attached hydrogens (tertiary/aromatic N) is 3. The smallest absolute Gasteiger partial charge is 0.340 e. The fourth-order valence-electron chi connectivity index (χ4n) is 13.8. The summed E-state index contributed by atoms with van der Waals surface area (Å²) in [6, 6.07) is 63.8. The van der Waals surface area contributed by atoms with Gasteiger partial charge in [-0.05, 0) is 283 Å². The van der Waals surface area contributed by atoms with E-state index in [9.17, 15) is 14.4 Å². The van der Waals surface area contributed by atoms with Crippen molar-refractivity contribution in [2.45, 2.75) is 193 Å². The molecule has 120 heavy (non-hydrogen) atoms. The highest BCUT2D eigenvalue weighted by Gasteiger charge is 2.38. The molecule has 19 heteroatoms. The molecule has 0 aliphatic heterocycles. The first-order valence-corrected chi connectivity index (χ1v) is 41.3. The molecule has 11 rings (SSSR count). The Labute approximate surface area is 717 Å². The number of halogens is 1. The zero-order chi connectivity index (χ0) is 87.3. The molecule has 0 N–H and O–H groups in total. The summed E-state index contributed by atoms with van der Waals surface area (Å²) in [5.41, 5.74) is 19.8. The molecular weight excluding hydrogens is 1580 g/mol. The van der Waals surface area contributed by atoms with Crippen LogP contribution in [-0.4, -0.2) is 90.8 Å². The first kappa shape index (κ1) is 92.7. The van der Waals surface area contributed by atoms with Gasteiger partial charge in [-0.3, -0.25) is 15.0 Å². The first-order valence-electron chi connectivity index (χ1n) is 40.5. The van der Waals surface area contributed by atoms with Gasteiger partial charge in [-0.25, -0.2) is 14.4 Å². The Balaban J connectivity index is 0.000000214. The minimum atomic E-state index is -1.01. The van der Waals surface area contributed by atoms with Crippen LogP contribution < -0.4 is 28.4 Å². The Hall–Kier alpha value is -11.2. The van der Waals surface area contributed by atoms with Crippen molar-refractivity contribution in [2.24, 2.45) is 0 Å². The van der Waals surface area contributed by atoms with E-state index < -0.39 is 53.0 Å². The van der Waals surface area contributed by atoms with Crippen LogP contribution in [0.1, 0.15) is 180 Å². The van der Waals surface area contributed by atoms with Crippen LogP contribution in [0.15, 0.2) is 199 Å². The number of carbonyl (C=O) groups excluding carboxylic acids is 3. The van der Waals surface area contributed by atoms with Gasteiger partial charge in [0.1, 0.15) is 54.3 Å². The SMILES string of the molecule is CCOC(=O)[C@@H](OC(C)(C)C)c1c(C)nc(C)c(-c2ccc(OCc3ccc(OC)cc3)cc2)c1-c1ccc(C)cc1.CCOC(=O)[C@@H](OC(C)(C)C)c1c(C)nc(C)c(-c2ccc(OCc3ccc(OC)cc3)cc2)c1-c1ccc(OCc2ccc(OC)cc2)cc1.CCOC(=O)[C@@H](OC(C)(C)C)c1c(C)nc(C)c(Br)c1-c1ccc(C)cc1. The highest BCUT2D eigenvalue weighted by Crippen LogP contribution is 2.47. The second-order valence-electron chi connectivity index (χ2n) is 32.1. The summed E-state index contributed by atoms with van der Waals surface area (Å²) >= 11 is 3.69. The average Bonchev–Trinajstić information content (AvgIpc) is 0.573. The van der Waals surface area contributed by atoms with Crippen molar-refractivity contribution in [1.82, 2.24) is 15.0 Å². The van der Waals surface area contributed by atoms with Crippen LogP contribution in [0.2, 0.25) is 0 Å². The van der Waals surface area contributed by atoms with Crippen LogP contribution in [0, 0.1) is 55.4 Å². The van der Waals surface area contributed by atoms with Gasteiger partial charge in [-0.2, -0.15) is 0 Å². The van der Waals surface area contributed by atoms with Crippen LogP contribution in [0.3, 0.4) is 0 Å². The maximum atomic E-state index is 13.6. The van der Waals surface area contributed by atoms with Gasteiger partial charge in [-0.1, -0.05) is 132 Å². The van der Waals surface area contributed by atoms with Crippen molar-refractivity contribution in [3.63, 3.8) is 0 Å². The van der Waals surface area contributed by atoms with Crippen molar-refractivity contribution in [2.75, 3.05) is 41.2 Å². The van der Waals surface area contributed by atoms with Crippen LogP contribution >= 0.6 is 15.9 Å². The lowest BCUT2D eigenvalue weighted by Gasteiger charge is -2.30. The molecule has 3 atom stereocenters. The van der Waals surface area contributed by atoms with Gasteiger partial charge in [0, 0.05) is 66.3 Å². The molecule has 18 nitrogen and oxygen atoms in total. The van der Waals surface area contributed by atoms with Crippen molar-refractivity contribution in [3.05, 3.63) is 277 Å². The highest BCUT2D eigenvalue weighted by molar-refractivity contribution is 9.10. The van der Waals surface area contributed by atoms with E-state index in [2.05, 4.69) is 76.4 Å². The predicted octanol–water partition coefficient (Wildman–Crippen LogP) is 23.8. The minimum absolute atomic E-state index is 0.224. The summed E-state index contributed by atoms with van der Waals surface area (Å²) in [4.78, 5) is 54.4. The van der Waals surface area contributed by atoms with Gasteiger partial charge in [0.15, 0.2) is 18.3 Å². The Kier molecular flexibility index (Phi) is 32.5. The van der Waals surface area contributed by atoms with Gasteiger partial charge in [0.2, 0.25) is 0 Å². The standard InChI is InChI=1S/C43H47NO7.C36H41NO5.C22H28BrNO3/c1-9-48-42(45)41(51-43(4,5)6)39-29(3)44-28(2)38(32-14-22-36(23-15-32)49-26-30-10-18-34(46-7)19-11-30)40(39)33-16-24-37(25-17-33)50-27-31-12-20-35(47-8)21-13-31;1-9-40-35(38)34(42-36(5,6)7)32-25(4)37-24(3)31(33(32)28-14-10-23(2)11-15-28)27-16-20-30(21-17-27)41-22-26-12-18-29(39-8)19-13-26;1-8-26-21(25)20(27-22(5,6)7)17-14(3)24-15(4)19(23)18(17)16-11-9-13(2)10-12-16/h10-25,41H,9,26-27H2,1-8H3;10-21,34H,9,22H2,1-8H3;9-12,20H,8H2,1-7H3/t41-;34-;20-/m000/s1. The van der Waals surface area contributed by atoms with E-state index in [-0.39, 0.29) is 13.2 Å². The molecule has 0 saturated heterocycles. The largest absolute Gasteiger partial charge is 0.497 e. The number of rotatable bonds is 29. The molecule has 632 valence electrons. The summed E-state index contributed by atoms with van der Waals surface area (Å²) in [5, 5.41) is 0. The van der Waals surface area contributed by atoms with E-state index in [4.69, 9.17) is 66.8 Å². The third-order valence-electron chi connectivity index (χ3n) is 19.3. The monoisotopic (exact) mass is 1690 g/mol. The Morgan fingerprint density at radius 3 is 0.775 bits per heavy atom. The van der Waals surface area contributed by atoms with E-state index >= 15 is 0 Å². The maximum absolute atomic E-state index is 13.6. The van der Waals surface area contributed by atoms with Crippen molar-refractivity contribution < 1.29 is 71.2 Å². The topological polar surface area (TPSA) is 201 Å². The van der Waals surface area contributed by atoms with Gasteiger partial charge < -0.3 is 56.8 Å². The molecule has 0 fully saturated rings. The summed E-state index contributed by atoms with van der Waals surface area (Å²) in [6.07, 6.45) is -2.81. The van der Waals surface area contributed by atoms with E-state index in [1.807, 2.05) is 256 Å². The molecule has 0 unspecified atom stereocenters. The third-order valence-corrected chi connectivity index (χ3v) is 20.2. The normalized spacial score (nSPS) is 12.1. The fourth-order valence-corrected chi connectivity index (χ4v) is 14.3. The van der Waals surface area contributed by atoms with Crippen LogP contribution in [-0.2, 0) is 62.6 Å². The van der Waals surface area contributed by atoms with Crippen molar-refractivity contribution in [1.29, 1.82) is 0 Å². The number of hydrogen-bond donors (Lipinski definition) is 0. The highest BCUT2D eigenvalue weighted by atomic mass is 79.9. The van der Waals surface area contributed by atoms with Crippen LogP contribution in [0.5, 0.6) is 34.5 Å². The first-order chi connectivity index (χ1) is 57.0. The second-order valence-corrected chi connectivity index (χ2v) is 32.9. The number of ether oxygens (including phenoxy) is 12. The molecule has 0 spiro atoms. The summed E-state index contributed by atoms with van der Waals surface area (Å²) in [6.45, 7) is 40.6. The summed E-state index contributed by atoms with van der Waals surface area (Å²) < 4.78 is 70.4. The lowest BCUT2D eigenvalue weighted by Crippen LogP contribution is -2.30. The molecule has 3 heterocycles. The average molecular weight is 1690 g/mol. The molecular formula is C101H116BrN3O15. The van der Waals surface area contributed by atoms with E-state index in [0.29, 0.717) is 49.0 Å². The second kappa shape index (κ2) is 42.1. The number of aromatic nitrogens is 3. The molecule has 0 saturated carbocycles. The lowest BCUT2D eigenvalue weighted by atomic mass is 9.86. The van der Waals surface area contributed by atoms with E-state index in [0.717, 1.165) is 145 Å². The minimum Gasteiger partial charge on any atom is -0.497 e. The number of benzene rings is 8. The van der Waals surface area contributed by atoms with Crippen molar-refractivity contribution >= 4 is 33.8 Å². The Bertz CT molecular complexity index is 5230. The van der Waals surface area contributed by atoms with Crippen molar-refractivity contribution in [3.8, 4) is 90.1 Å². The molecule has 0 aliphatic carbocycles. The van der Waals surface area contributed by atoms with E-state index in [1.165, 1.54) is 5.56 Å². The van der Waals surface area contributed by atoms with Gasteiger partial charge in [0.05, 0.1) is 63.6 Å². The van der Waals surface area contributed by atoms with E-state index in [1.54, 1.807) is 42.1 Å². The zero-order valence-corrected chi connectivity index (χ0v) is 75.4. The number of hydrogen-bond acceptors (Lipinski definition) is 18. The molecule has 0 aliphatic rings. The third kappa shape index (κ3) is 25.2. The van der Waals surface area contributed by atoms with Gasteiger partial charge in [-0.15, -0.1) is 0 Å². The zero-order valence-electron chi connectivity index (χ0n) is 73.8. The quantitative estimate of drug-likeness (QED) is 0.0316. The maximum Gasteiger partial charge on any atom is 0.340 e. The Morgan fingerprint density at radius 1 is 0.300 bits per heavy atom. The molecule has 8 aromatic carbocycles. The number of aryl methyl sites for hydroxylation is 8. The predicted molar refractivity (Wildman–Crippen MR) is 478 cm³/mol. The number of carbonyl (C=O) groups is 3. The number of methoxy groups -OCH3 is 3. The van der Waals surface area contributed by atoms with Gasteiger partial charge >= 0.3 is 17.9 Å². The number of pyridine rings is 3. The fraction of sp³-hybridized carbons (Fsp3) is 0.347. The van der Waals surface area contributed by atoms with Crippen LogP contribution in [0.4, 0.5) is 0 Å². The Morgan fingerprint density at radius 2 is 0.525 bits per heavy atom. The summed E-state index contributed by atoms with van der Waals surface area (Å²) in [7, 11) is 4.95. The van der Waals surface area contributed by atoms with Crippen LogP contribution in [0.25, 0.3) is 55.6 Å². The molecule has 0 radical (unpaired) electrons. The molecule has 0 amide bonds. The number of esters is 3. The summed E-state index contributed by atoms with van der Waals surface area (Å²) in [5.74, 6) is 3.31. The molecule has 0 bridgehead atoms. The lowest BCUT2D eigenvalue weighted by molar-refractivity contribution is -0.167. The molecule has 11 aromatic rings. The van der Waals surface area contributed by atoms with Gasteiger partial charge in [0.25, 0.3) is 0 Å². The molecule has 3 aromatic heterocycles.